The number of rotatable bonds is 11. The molecule has 0 saturated heterocycles. The number of aliphatic carboxylic acids is 2. The van der Waals surface area contributed by atoms with E-state index >= 15 is 0 Å². The molecule has 0 aromatic carbocycles. The summed E-state index contributed by atoms with van der Waals surface area (Å²) < 4.78 is 10.9. The lowest BCUT2D eigenvalue weighted by Gasteiger charge is -2.27. The molecule has 0 saturated carbocycles. The molecule has 0 radical (unpaired) electrons. The van der Waals surface area contributed by atoms with Gasteiger partial charge in [-0.1, -0.05) is 27.7 Å². The Labute approximate surface area is 132 Å². The summed E-state index contributed by atoms with van der Waals surface area (Å²) in [6.45, 7) is 11.5. The Morgan fingerprint density at radius 2 is 1.00 bits per heavy atom. The van der Waals surface area contributed by atoms with Crippen molar-refractivity contribution in [2.45, 2.75) is 78.8 Å². The lowest BCUT2D eigenvalue weighted by atomic mass is 10.1. The molecule has 0 rings (SSSR count). The summed E-state index contributed by atoms with van der Waals surface area (Å²) >= 11 is 0. The highest BCUT2D eigenvalue weighted by Gasteiger charge is 2.38. The van der Waals surface area contributed by atoms with Crippen molar-refractivity contribution >= 4 is 11.9 Å². The van der Waals surface area contributed by atoms with Crippen LogP contribution in [-0.2, 0) is 19.1 Å². The third-order valence-electron chi connectivity index (χ3n) is 3.13. The van der Waals surface area contributed by atoms with Gasteiger partial charge in [0.15, 0.2) is 12.2 Å². The van der Waals surface area contributed by atoms with E-state index < -0.39 is 24.1 Å². The second-order valence-electron chi connectivity index (χ2n) is 6.67. The molecule has 4 atom stereocenters. The zero-order valence-corrected chi connectivity index (χ0v) is 14.4. The van der Waals surface area contributed by atoms with Gasteiger partial charge in [-0.15, -0.1) is 0 Å². The maximum atomic E-state index is 11.4. The van der Waals surface area contributed by atoms with E-state index in [9.17, 15) is 19.8 Å². The van der Waals surface area contributed by atoms with Crippen LogP contribution in [0, 0.1) is 11.8 Å². The van der Waals surface area contributed by atoms with E-state index in [4.69, 9.17) is 9.47 Å². The SMILES string of the molecule is CC(C)CC(C)OC(C(=O)O)C(OC(C)CC(C)C)C(=O)O. The molecule has 6 nitrogen and oxygen atoms in total. The number of carbonyl (C=O) groups is 2. The van der Waals surface area contributed by atoms with Gasteiger partial charge in [-0.05, 0) is 38.5 Å². The van der Waals surface area contributed by atoms with Gasteiger partial charge in [0.25, 0.3) is 0 Å². The van der Waals surface area contributed by atoms with Gasteiger partial charge in [0.1, 0.15) is 0 Å². The monoisotopic (exact) mass is 318 g/mol. The molecule has 0 aliphatic rings. The number of carboxylic acids is 2. The Hall–Kier alpha value is -1.14. The summed E-state index contributed by atoms with van der Waals surface area (Å²) in [6, 6.07) is 0. The molecule has 0 aromatic rings. The minimum atomic E-state index is -1.51. The van der Waals surface area contributed by atoms with Crippen molar-refractivity contribution in [3.63, 3.8) is 0 Å². The van der Waals surface area contributed by atoms with Crippen LogP contribution in [0.25, 0.3) is 0 Å². The Balaban J connectivity index is 4.95. The van der Waals surface area contributed by atoms with Gasteiger partial charge >= 0.3 is 11.9 Å². The first-order valence-corrected chi connectivity index (χ1v) is 7.81. The van der Waals surface area contributed by atoms with Crippen LogP contribution in [0.1, 0.15) is 54.4 Å². The first-order chi connectivity index (χ1) is 10.0. The van der Waals surface area contributed by atoms with Crippen molar-refractivity contribution in [3.05, 3.63) is 0 Å². The van der Waals surface area contributed by atoms with Crippen molar-refractivity contribution in [3.8, 4) is 0 Å². The minimum absolute atomic E-state index is 0.327. The first-order valence-electron chi connectivity index (χ1n) is 7.81. The molecule has 4 unspecified atom stereocenters. The Morgan fingerprint density at radius 1 is 0.727 bits per heavy atom. The van der Waals surface area contributed by atoms with E-state index in [1.165, 1.54) is 0 Å². The van der Waals surface area contributed by atoms with E-state index in [2.05, 4.69) is 0 Å². The van der Waals surface area contributed by atoms with Gasteiger partial charge in [-0.25, -0.2) is 9.59 Å². The second kappa shape index (κ2) is 9.79. The minimum Gasteiger partial charge on any atom is -0.479 e. The van der Waals surface area contributed by atoms with Gasteiger partial charge in [-0.3, -0.25) is 0 Å². The molecule has 0 amide bonds. The van der Waals surface area contributed by atoms with Crippen LogP contribution in [0.15, 0.2) is 0 Å². The van der Waals surface area contributed by atoms with Crippen molar-refractivity contribution in [2.24, 2.45) is 11.8 Å². The van der Waals surface area contributed by atoms with Crippen molar-refractivity contribution in [1.29, 1.82) is 0 Å². The molecule has 0 heterocycles. The molecular weight excluding hydrogens is 288 g/mol. The highest BCUT2D eigenvalue weighted by molar-refractivity contribution is 5.83. The van der Waals surface area contributed by atoms with Crippen LogP contribution in [0.5, 0.6) is 0 Å². The third-order valence-corrected chi connectivity index (χ3v) is 3.13. The van der Waals surface area contributed by atoms with Crippen LogP contribution >= 0.6 is 0 Å². The highest BCUT2D eigenvalue weighted by Crippen LogP contribution is 2.17. The predicted molar refractivity (Wildman–Crippen MR) is 82.9 cm³/mol. The van der Waals surface area contributed by atoms with E-state index in [0.29, 0.717) is 24.7 Å². The lowest BCUT2D eigenvalue weighted by Crippen LogP contribution is -2.46. The molecule has 0 aromatic heterocycles. The smallest absolute Gasteiger partial charge is 0.336 e. The van der Waals surface area contributed by atoms with Gasteiger partial charge in [0.2, 0.25) is 0 Å². The molecule has 22 heavy (non-hydrogen) atoms. The van der Waals surface area contributed by atoms with Crippen LogP contribution in [-0.4, -0.2) is 46.6 Å². The maximum Gasteiger partial charge on any atom is 0.336 e. The fourth-order valence-electron chi connectivity index (χ4n) is 2.46. The third kappa shape index (κ3) is 8.34. The number of carboxylic acid groups (broad SMARTS) is 2. The standard InChI is InChI=1S/C16H30O6/c1-9(2)7-11(5)21-13(15(17)18)14(16(19)20)22-12(6)8-10(3)4/h9-14H,7-8H2,1-6H3,(H,17,18)(H,19,20). The molecule has 2 N–H and O–H groups in total. The summed E-state index contributed by atoms with van der Waals surface area (Å²) in [6.07, 6.45) is -2.43. The topological polar surface area (TPSA) is 93.1 Å². The molecule has 130 valence electrons. The zero-order chi connectivity index (χ0) is 17.4. The maximum absolute atomic E-state index is 11.4. The number of ether oxygens (including phenoxy) is 2. The summed E-state index contributed by atoms with van der Waals surface area (Å²) in [5, 5.41) is 18.6. The van der Waals surface area contributed by atoms with Crippen LogP contribution in [0.2, 0.25) is 0 Å². The van der Waals surface area contributed by atoms with E-state index in [0.717, 1.165) is 0 Å². The quantitative estimate of drug-likeness (QED) is 0.608. The van der Waals surface area contributed by atoms with Crippen LogP contribution in [0.3, 0.4) is 0 Å². The molecule has 0 spiro atoms. The number of hydrogen-bond acceptors (Lipinski definition) is 4. The molecule has 0 bridgehead atoms. The Kier molecular flexibility index (Phi) is 9.28. The summed E-state index contributed by atoms with van der Waals surface area (Å²) in [5.74, 6) is -1.98. The number of hydrogen-bond donors (Lipinski definition) is 2. The largest absolute Gasteiger partial charge is 0.479 e. The fraction of sp³-hybridized carbons (Fsp3) is 0.875. The predicted octanol–water partition coefficient (Wildman–Crippen LogP) is 2.80. The van der Waals surface area contributed by atoms with Gasteiger partial charge in [-0.2, -0.15) is 0 Å². The van der Waals surface area contributed by atoms with Gasteiger partial charge in [0.05, 0.1) is 12.2 Å². The molecule has 0 aliphatic heterocycles. The summed E-state index contributed by atoms with van der Waals surface area (Å²) in [4.78, 5) is 22.8. The Bertz CT molecular complexity index is 319. The van der Waals surface area contributed by atoms with E-state index in [1.54, 1.807) is 13.8 Å². The first kappa shape index (κ1) is 20.9. The molecule has 0 aliphatic carbocycles. The van der Waals surface area contributed by atoms with Crippen LogP contribution < -0.4 is 0 Å². The van der Waals surface area contributed by atoms with E-state index in [-0.39, 0.29) is 12.2 Å². The fourth-order valence-corrected chi connectivity index (χ4v) is 2.46. The highest BCUT2D eigenvalue weighted by atomic mass is 16.6. The van der Waals surface area contributed by atoms with Gasteiger partial charge in [0, 0.05) is 0 Å². The van der Waals surface area contributed by atoms with Crippen LogP contribution in [0.4, 0.5) is 0 Å². The van der Waals surface area contributed by atoms with Crippen molar-refractivity contribution < 1.29 is 29.3 Å². The second-order valence-corrected chi connectivity index (χ2v) is 6.67. The average Bonchev–Trinajstić information content (AvgIpc) is 2.30. The Morgan fingerprint density at radius 3 is 1.18 bits per heavy atom. The van der Waals surface area contributed by atoms with Crippen molar-refractivity contribution in [1.82, 2.24) is 0 Å². The molecule has 6 heteroatoms. The van der Waals surface area contributed by atoms with E-state index in [1.807, 2.05) is 27.7 Å². The normalized spacial score (nSPS) is 17.3. The zero-order valence-electron chi connectivity index (χ0n) is 14.4. The summed E-state index contributed by atoms with van der Waals surface area (Å²) in [7, 11) is 0. The summed E-state index contributed by atoms with van der Waals surface area (Å²) in [5.41, 5.74) is 0. The molecule has 0 fully saturated rings. The average molecular weight is 318 g/mol. The molecular formula is C16H30O6. The lowest BCUT2D eigenvalue weighted by molar-refractivity contribution is -0.187. The van der Waals surface area contributed by atoms with Crippen molar-refractivity contribution in [2.75, 3.05) is 0 Å². The van der Waals surface area contributed by atoms with Gasteiger partial charge < -0.3 is 19.7 Å².